The molecule has 0 heterocycles. The number of nitrogens with zero attached hydrogens (tertiary/aromatic N) is 1. The highest BCUT2D eigenvalue weighted by Crippen LogP contribution is 2.24. The first-order chi connectivity index (χ1) is 7.76. The van der Waals surface area contributed by atoms with E-state index in [4.69, 9.17) is 0 Å². The molecular weight excluding hydrogens is 238 g/mol. The third-order valence-corrected chi connectivity index (χ3v) is 5.23. The molecule has 4 nitrogen and oxygen atoms in total. The van der Waals surface area contributed by atoms with E-state index in [1.165, 1.54) is 4.31 Å². The van der Waals surface area contributed by atoms with Gasteiger partial charge in [-0.1, -0.05) is 12.1 Å². The van der Waals surface area contributed by atoms with Gasteiger partial charge in [0.05, 0.1) is 5.25 Å². The largest absolute Gasteiger partial charge is 0.508 e. The van der Waals surface area contributed by atoms with Crippen molar-refractivity contribution in [3.8, 4) is 5.75 Å². The number of rotatable bonds is 4. The maximum absolute atomic E-state index is 12.0. The molecule has 0 fully saturated rings. The summed E-state index contributed by atoms with van der Waals surface area (Å²) in [6.07, 6.45) is 0. The predicted octanol–water partition coefficient (Wildman–Crippen LogP) is 2.12. The zero-order chi connectivity index (χ0) is 13.2. The second-order valence-corrected chi connectivity index (χ2v) is 6.93. The van der Waals surface area contributed by atoms with Crippen molar-refractivity contribution in [1.29, 1.82) is 0 Å². The minimum atomic E-state index is -3.26. The van der Waals surface area contributed by atoms with Crippen molar-refractivity contribution < 1.29 is 13.5 Å². The Morgan fingerprint density at radius 1 is 1.12 bits per heavy atom. The highest BCUT2D eigenvalue weighted by atomic mass is 32.2. The average molecular weight is 257 g/mol. The first-order valence-electron chi connectivity index (χ1n) is 5.52. The Labute approximate surface area is 103 Å². The maximum atomic E-state index is 12.0. The van der Waals surface area contributed by atoms with Gasteiger partial charge >= 0.3 is 0 Å². The number of hydrogen-bond donors (Lipinski definition) is 1. The molecule has 0 spiro atoms. The molecule has 5 heteroatoms. The van der Waals surface area contributed by atoms with Gasteiger partial charge in [0.25, 0.3) is 0 Å². The number of aromatic hydroxyl groups is 1. The van der Waals surface area contributed by atoms with Gasteiger partial charge in [-0.3, -0.25) is 0 Å². The van der Waals surface area contributed by atoms with E-state index in [9.17, 15) is 13.5 Å². The normalized spacial score (nSPS) is 14.2. The summed E-state index contributed by atoms with van der Waals surface area (Å²) in [6.45, 7) is 5.15. The molecule has 1 rings (SSSR count). The number of sulfonamides is 1. The van der Waals surface area contributed by atoms with E-state index in [2.05, 4.69) is 0 Å². The summed E-state index contributed by atoms with van der Waals surface area (Å²) in [5.74, 6) is 0.176. The van der Waals surface area contributed by atoms with E-state index in [-0.39, 0.29) is 11.8 Å². The van der Waals surface area contributed by atoms with Gasteiger partial charge in [0.2, 0.25) is 10.0 Å². The van der Waals surface area contributed by atoms with Gasteiger partial charge < -0.3 is 5.11 Å². The van der Waals surface area contributed by atoms with Crippen LogP contribution < -0.4 is 0 Å². The minimum absolute atomic E-state index is 0.176. The van der Waals surface area contributed by atoms with Gasteiger partial charge in [-0.05, 0) is 38.5 Å². The van der Waals surface area contributed by atoms with Crippen molar-refractivity contribution in [2.45, 2.75) is 32.1 Å². The van der Waals surface area contributed by atoms with Crippen molar-refractivity contribution >= 4 is 10.0 Å². The smallest absolute Gasteiger partial charge is 0.216 e. The molecule has 1 N–H and O–H groups in total. The summed E-state index contributed by atoms with van der Waals surface area (Å²) in [5.41, 5.74) is 0.856. The summed E-state index contributed by atoms with van der Waals surface area (Å²) in [4.78, 5) is 0. The Balaban J connectivity index is 2.98. The lowest BCUT2D eigenvalue weighted by molar-refractivity contribution is 0.393. The monoisotopic (exact) mass is 257 g/mol. The van der Waals surface area contributed by atoms with Crippen LogP contribution in [-0.2, 0) is 10.0 Å². The maximum Gasteiger partial charge on any atom is 0.216 e. The van der Waals surface area contributed by atoms with Crippen LogP contribution in [0.25, 0.3) is 0 Å². The Kier molecular flexibility index (Phi) is 4.16. The second kappa shape index (κ2) is 5.06. The summed E-state index contributed by atoms with van der Waals surface area (Å²) in [5, 5.41) is 8.76. The molecule has 0 aliphatic heterocycles. The minimum Gasteiger partial charge on any atom is -0.508 e. The summed E-state index contributed by atoms with van der Waals surface area (Å²) < 4.78 is 25.3. The lowest BCUT2D eigenvalue weighted by Gasteiger charge is -2.26. The zero-order valence-corrected chi connectivity index (χ0v) is 11.4. The molecule has 0 bridgehead atoms. The molecule has 1 aromatic rings. The van der Waals surface area contributed by atoms with Gasteiger partial charge in [-0.15, -0.1) is 0 Å². The highest BCUT2D eigenvalue weighted by Gasteiger charge is 2.27. The molecule has 1 unspecified atom stereocenters. The van der Waals surface area contributed by atoms with Crippen molar-refractivity contribution in [1.82, 2.24) is 4.31 Å². The summed E-state index contributed by atoms with van der Waals surface area (Å²) in [7, 11) is -1.69. The molecule has 0 saturated carbocycles. The Morgan fingerprint density at radius 3 is 2.00 bits per heavy atom. The lowest BCUT2D eigenvalue weighted by atomic mass is 10.1. The van der Waals surface area contributed by atoms with Gasteiger partial charge in [0.1, 0.15) is 5.75 Å². The summed E-state index contributed by atoms with van der Waals surface area (Å²) >= 11 is 0. The molecule has 0 aliphatic carbocycles. The fourth-order valence-corrected chi connectivity index (χ4v) is 2.74. The number of phenolic OH excluding ortho intramolecular Hbond substituents is 1. The Hall–Kier alpha value is -1.07. The fraction of sp³-hybridized carbons (Fsp3) is 0.500. The van der Waals surface area contributed by atoms with E-state index < -0.39 is 15.3 Å². The van der Waals surface area contributed by atoms with Crippen molar-refractivity contribution in [3.63, 3.8) is 0 Å². The molecule has 0 amide bonds. The quantitative estimate of drug-likeness (QED) is 0.899. The van der Waals surface area contributed by atoms with Crippen LogP contribution in [0.4, 0.5) is 0 Å². The average Bonchev–Trinajstić information content (AvgIpc) is 2.27. The van der Waals surface area contributed by atoms with Crippen molar-refractivity contribution in [2.24, 2.45) is 0 Å². The van der Waals surface area contributed by atoms with Crippen LogP contribution in [0.1, 0.15) is 32.4 Å². The molecule has 96 valence electrons. The third kappa shape index (κ3) is 2.98. The van der Waals surface area contributed by atoms with Gasteiger partial charge in [0.15, 0.2) is 0 Å². The van der Waals surface area contributed by atoms with E-state index in [0.717, 1.165) is 5.56 Å². The lowest BCUT2D eigenvalue weighted by Crippen LogP contribution is -2.35. The van der Waals surface area contributed by atoms with E-state index >= 15 is 0 Å². The van der Waals surface area contributed by atoms with Gasteiger partial charge in [-0.2, -0.15) is 4.31 Å². The number of phenols is 1. The highest BCUT2D eigenvalue weighted by molar-refractivity contribution is 7.89. The van der Waals surface area contributed by atoms with Crippen LogP contribution in [0, 0.1) is 0 Å². The zero-order valence-electron chi connectivity index (χ0n) is 10.6. The SMILES string of the molecule is CC(c1ccc(O)cc1)N(C)S(=O)(=O)C(C)C. The molecule has 0 saturated heterocycles. The Morgan fingerprint density at radius 2 is 1.59 bits per heavy atom. The van der Waals surface area contributed by atoms with Gasteiger partial charge in [-0.25, -0.2) is 8.42 Å². The Bertz CT molecular complexity index is 465. The van der Waals surface area contributed by atoms with Gasteiger partial charge in [0, 0.05) is 13.1 Å². The predicted molar refractivity (Wildman–Crippen MR) is 68.3 cm³/mol. The van der Waals surface area contributed by atoms with Crippen LogP contribution in [0.3, 0.4) is 0 Å². The first kappa shape index (κ1) is 14.0. The number of hydrogen-bond acceptors (Lipinski definition) is 3. The van der Waals surface area contributed by atoms with E-state index in [1.807, 2.05) is 6.92 Å². The molecule has 0 aromatic heterocycles. The molecule has 17 heavy (non-hydrogen) atoms. The molecular formula is C12H19NO3S. The molecule has 0 aliphatic rings. The van der Waals surface area contributed by atoms with Crippen LogP contribution in [-0.4, -0.2) is 30.1 Å². The third-order valence-electron chi connectivity index (χ3n) is 2.92. The molecule has 1 aromatic carbocycles. The van der Waals surface area contributed by atoms with Crippen molar-refractivity contribution in [3.05, 3.63) is 29.8 Å². The second-order valence-electron chi connectivity index (χ2n) is 4.38. The van der Waals surface area contributed by atoms with E-state index in [1.54, 1.807) is 45.2 Å². The van der Waals surface area contributed by atoms with E-state index in [0.29, 0.717) is 0 Å². The number of benzene rings is 1. The fourth-order valence-electron chi connectivity index (χ4n) is 1.52. The van der Waals surface area contributed by atoms with Crippen LogP contribution in [0.15, 0.2) is 24.3 Å². The standard InChI is InChI=1S/C12H19NO3S/c1-9(2)17(15,16)13(4)10(3)11-5-7-12(14)8-6-11/h5-10,14H,1-4H3. The molecule has 1 atom stereocenters. The molecule has 0 radical (unpaired) electrons. The van der Waals surface area contributed by atoms with Crippen molar-refractivity contribution in [2.75, 3.05) is 7.05 Å². The first-order valence-corrected chi connectivity index (χ1v) is 7.03. The summed E-state index contributed by atoms with van der Waals surface area (Å²) in [6, 6.07) is 6.32. The topological polar surface area (TPSA) is 57.6 Å². The van der Waals surface area contributed by atoms with Crippen LogP contribution >= 0.6 is 0 Å². The van der Waals surface area contributed by atoms with Crippen LogP contribution in [0.2, 0.25) is 0 Å². The van der Waals surface area contributed by atoms with Crippen LogP contribution in [0.5, 0.6) is 5.75 Å².